The molecule has 1 atom stereocenters. The highest BCUT2D eigenvalue weighted by molar-refractivity contribution is 5.71. The fraction of sp³-hybridized carbons (Fsp3) is 0.462. The predicted octanol–water partition coefficient (Wildman–Crippen LogP) is 2.19. The Bertz CT molecular complexity index is 578. The number of carboxylic acids is 1. The van der Waals surface area contributed by atoms with Crippen LogP contribution in [-0.2, 0) is 4.79 Å². The van der Waals surface area contributed by atoms with E-state index in [2.05, 4.69) is 0 Å². The molecule has 8 heteroatoms. The fourth-order valence-electron chi connectivity index (χ4n) is 2.63. The number of carboxylic acid groups (broad SMARTS) is 1. The zero-order chi connectivity index (χ0) is 15.6. The molecular formula is C13H15FN2O5. The van der Waals surface area contributed by atoms with Crippen LogP contribution >= 0.6 is 0 Å². The summed E-state index contributed by atoms with van der Waals surface area (Å²) in [6.07, 6.45) is 1.24. The molecule has 1 aromatic rings. The number of aliphatic carboxylic acids is 1. The first-order valence-corrected chi connectivity index (χ1v) is 6.44. The molecule has 0 aliphatic carbocycles. The number of nitrogens with zero attached hydrogens (tertiary/aromatic N) is 2. The number of nitro benzene ring substituents is 1. The van der Waals surface area contributed by atoms with Crippen molar-refractivity contribution in [2.45, 2.75) is 25.3 Å². The molecule has 1 saturated heterocycles. The summed E-state index contributed by atoms with van der Waals surface area (Å²) in [6.45, 7) is 0.494. The van der Waals surface area contributed by atoms with Crippen molar-refractivity contribution in [2.24, 2.45) is 0 Å². The summed E-state index contributed by atoms with van der Waals surface area (Å²) in [6, 6.07) is 1.73. The molecule has 1 fully saturated rings. The third kappa shape index (κ3) is 3.04. The second kappa shape index (κ2) is 5.94. The van der Waals surface area contributed by atoms with Gasteiger partial charge in [-0.25, -0.2) is 4.39 Å². The average Bonchev–Trinajstić information content (AvgIpc) is 2.85. The summed E-state index contributed by atoms with van der Waals surface area (Å²) < 4.78 is 18.5. The van der Waals surface area contributed by atoms with Crippen molar-refractivity contribution in [1.82, 2.24) is 0 Å². The van der Waals surface area contributed by atoms with Gasteiger partial charge in [-0.15, -0.1) is 0 Å². The number of carbonyl (C=O) groups is 1. The van der Waals surface area contributed by atoms with Crippen LogP contribution in [0.5, 0.6) is 5.75 Å². The lowest BCUT2D eigenvalue weighted by Gasteiger charge is -2.25. The van der Waals surface area contributed by atoms with Crippen molar-refractivity contribution < 1.29 is 24.0 Å². The summed E-state index contributed by atoms with van der Waals surface area (Å²) in [5.74, 6) is -1.89. The van der Waals surface area contributed by atoms with E-state index in [0.29, 0.717) is 13.0 Å². The SMILES string of the molecule is COc1cc(N2CCCC2CC(=O)O)c([N+](=O)[O-])cc1F. The van der Waals surface area contributed by atoms with Crippen molar-refractivity contribution in [1.29, 1.82) is 0 Å². The topological polar surface area (TPSA) is 92.9 Å². The van der Waals surface area contributed by atoms with Gasteiger partial charge >= 0.3 is 5.97 Å². The molecule has 0 saturated carbocycles. The largest absolute Gasteiger partial charge is 0.494 e. The third-order valence-electron chi connectivity index (χ3n) is 3.54. The number of rotatable bonds is 5. The molecule has 1 aliphatic rings. The summed E-state index contributed by atoms with van der Waals surface area (Å²) in [5.41, 5.74) is -0.187. The van der Waals surface area contributed by atoms with Gasteiger partial charge in [-0.1, -0.05) is 0 Å². The monoisotopic (exact) mass is 298 g/mol. The normalized spacial score (nSPS) is 17.8. The van der Waals surface area contributed by atoms with Crippen molar-refractivity contribution in [3.63, 3.8) is 0 Å². The van der Waals surface area contributed by atoms with E-state index in [0.717, 1.165) is 12.5 Å². The number of hydrogen-bond donors (Lipinski definition) is 1. The van der Waals surface area contributed by atoms with Gasteiger partial charge in [-0.2, -0.15) is 0 Å². The minimum absolute atomic E-state index is 0.100. The Morgan fingerprint density at radius 3 is 2.90 bits per heavy atom. The maximum Gasteiger partial charge on any atom is 0.305 e. The zero-order valence-corrected chi connectivity index (χ0v) is 11.4. The van der Waals surface area contributed by atoms with Crippen molar-refractivity contribution >= 4 is 17.3 Å². The molecule has 1 aliphatic heterocycles. The molecule has 0 bridgehead atoms. The number of benzene rings is 1. The van der Waals surface area contributed by atoms with Gasteiger partial charge in [0.05, 0.1) is 24.5 Å². The molecule has 114 valence electrons. The Labute approximate surface area is 120 Å². The lowest BCUT2D eigenvalue weighted by molar-refractivity contribution is -0.384. The van der Waals surface area contributed by atoms with E-state index in [-0.39, 0.29) is 29.6 Å². The van der Waals surface area contributed by atoms with Crippen LogP contribution in [0.25, 0.3) is 0 Å². The number of nitro groups is 1. The van der Waals surface area contributed by atoms with Crippen LogP contribution in [0.15, 0.2) is 12.1 Å². The summed E-state index contributed by atoms with van der Waals surface area (Å²) in [4.78, 5) is 23.0. The van der Waals surface area contributed by atoms with E-state index in [1.165, 1.54) is 13.2 Å². The molecule has 0 spiro atoms. The van der Waals surface area contributed by atoms with Gasteiger partial charge in [-0.05, 0) is 12.8 Å². The van der Waals surface area contributed by atoms with Crippen molar-refractivity contribution in [2.75, 3.05) is 18.6 Å². The number of ether oxygens (including phenoxy) is 1. The van der Waals surface area contributed by atoms with Crippen LogP contribution in [0.2, 0.25) is 0 Å². The van der Waals surface area contributed by atoms with Crippen molar-refractivity contribution in [3.8, 4) is 5.75 Å². The molecule has 0 aromatic heterocycles. The van der Waals surface area contributed by atoms with E-state index < -0.39 is 16.7 Å². The highest BCUT2D eigenvalue weighted by Gasteiger charge is 2.32. The first-order valence-electron chi connectivity index (χ1n) is 6.44. The highest BCUT2D eigenvalue weighted by atomic mass is 19.1. The van der Waals surface area contributed by atoms with Crippen LogP contribution in [0.1, 0.15) is 19.3 Å². The van der Waals surface area contributed by atoms with Gasteiger partial charge in [0.15, 0.2) is 11.6 Å². The third-order valence-corrected chi connectivity index (χ3v) is 3.54. The van der Waals surface area contributed by atoms with Gasteiger partial charge in [0, 0.05) is 18.7 Å². The van der Waals surface area contributed by atoms with Gasteiger partial charge in [0.1, 0.15) is 5.69 Å². The first-order chi connectivity index (χ1) is 9.93. The Morgan fingerprint density at radius 2 is 2.33 bits per heavy atom. The quantitative estimate of drug-likeness (QED) is 0.661. The molecule has 1 unspecified atom stereocenters. The molecular weight excluding hydrogens is 283 g/mol. The maximum absolute atomic E-state index is 13.6. The second-order valence-corrected chi connectivity index (χ2v) is 4.82. The molecule has 7 nitrogen and oxygen atoms in total. The highest BCUT2D eigenvalue weighted by Crippen LogP contribution is 2.38. The number of methoxy groups -OCH3 is 1. The van der Waals surface area contributed by atoms with Crippen LogP contribution in [0.3, 0.4) is 0 Å². The second-order valence-electron chi connectivity index (χ2n) is 4.82. The summed E-state index contributed by atoms with van der Waals surface area (Å²) in [5, 5.41) is 20.0. The minimum atomic E-state index is -0.969. The lowest BCUT2D eigenvalue weighted by Crippen LogP contribution is -2.31. The number of halogens is 1. The Morgan fingerprint density at radius 1 is 1.62 bits per heavy atom. The lowest BCUT2D eigenvalue weighted by atomic mass is 10.1. The molecule has 1 aromatic carbocycles. The Balaban J connectivity index is 2.45. The molecule has 1 N–H and O–H groups in total. The number of hydrogen-bond acceptors (Lipinski definition) is 5. The van der Waals surface area contributed by atoms with Crippen LogP contribution in [0, 0.1) is 15.9 Å². The van der Waals surface area contributed by atoms with E-state index in [1.54, 1.807) is 4.90 Å². The van der Waals surface area contributed by atoms with Gasteiger partial charge in [0.25, 0.3) is 5.69 Å². The van der Waals surface area contributed by atoms with E-state index in [4.69, 9.17) is 9.84 Å². The van der Waals surface area contributed by atoms with Crippen LogP contribution in [-0.4, -0.2) is 35.7 Å². The maximum atomic E-state index is 13.6. The van der Waals surface area contributed by atoms with E-state index in [9.17, 15) is 19.3 Å². The standard InChI is InChI=1S/C13H15FN2O5/c1-21-12-7-10(11(16(19)20)6-9(12)14)15-4-2-3-8(15)5-13(17)18/h6-8H,2-5H2,1H3,(H,17,18). The Hall–Kier alpha value is -2.38. The fourth-order valence-corrected chi connectivity index (χ4v) is 2.63. The number of anilines is 1. The van der Waals surface area contributed by atoms with Gasteiger partial charge in [0.2, 0.25) is 0 Å². The molecule has 2 rings (SSSR count). The predicted molar refractivity (Wildman–Crippen MR) is 72.2 cm³/mol. The average molecular weight is 298 g/mol. The molecule has 0 radical (unpaired) electrons. The zero-order valence-electron chi connectivity index (χ0n) is 11.4. The minimum Gasteiger partial charge on any atom is -0.494 e. The van der Waals surface area contributed by atoms with Gasteiger partial charge < -0.3 is 14.7 Å². The van der Waals surface area contributed by atoms with E-state index in [1.807, 2.05) is 0 Å². The van der Waals surface area contributed by atoms with E-state index >= 15 is 0 Å². The Kier molecular flexibility index (Phi) is 4.25. The van der Waals surface area contributed by atoms with Gasteiger partial charge in [-0.3, -0.25) is 14.9 Å². The summed E-state index contributed by atoms with van der Waals surface area (Å²) in [7, 11) is 1.27. The molecule has 21 heavy (non-hydrogen) atoms. The first kappa shape index (κ1) is 15.0. The van der Waals surface area contributed by atoms with Crippen molar-refractivity contribution in [3.05, 3.63) is 28.1 Å². The molecule has 0 amide bonds. The molecule has 1 heterocycles. The van der Waals surface area contributed by atoms with Crippen LogP contribution < -0.4 is 9.64 Å². The van der Waals surface area contributed by atoms with Crippen LogP contribution in [0.4, 0.5) is 15.8 Å². The smallest absolute Gasteiger partial charge is 0.305 e. The summed E-state index contributed by atoms with van der Waals surface area (Å²) >= 11 is 0.